The molecule has 4 nitrogen and oxygen atoms in total. The van der Waals surface area contributed by atoms with Crippen molar-refractivity contribution in [2.45, 2.75) is 66.5 Å². The molecule has 2 aliphatic rings. The monoisotopic (exact) mass is 308 g/mol. The maximum absolute atomic E-state index is 4.24. The summed E-state index contributed by atoms with van der Waals surface area (Å²) in [6.45, 7) is 19.9. The van der Waals surface area contributed by atoms with E-state index in [1.54, 1.807) is 0 Å². The van der Waals surface area contributed by atoms with Crippen LogP contribution in [-0.4, -0.2) is 36.8 Å². The lowest BCUT2D eigenvalue weighted by Crippen LogP contribution is -2.52. The molecular formula is C18H36N4. The van der Waals surface area contributed by atoms with Gasteiger partial charge >= 0.3 is 0 Å². The Bertz CT molecular complexity index is 320. The zero-order chi connectivity index (χ0) is 17.0. The second-order valence-electron chi connectivity index (χ2n) is 7.93. The van der Waals surface area contributed by atoms with Crippen LogP contribution in [0.4, 0.5) is 0 Å². The third kappa shape index (κ3) is 3.64. The highest BCUT2D eigenvalue weighted by molar-refractivity contribution is 5.59. The van der Waals surface area contributed by atoms with E-state index < -0.39 is 0 Å². The molecule has 0 fully saturated rings. The standard InChI is InChI=1S/2C9H18N2/c2*1-7(2)9(8(3)4)5-10-6-11-9/h2*6-8H,5H2,1-4H3,(H,10,11). The van der Waals surface area contributed by atoms with Crippen LogP contribution in [0, 0.1) is 23.7 Å². The molecule has 0 spiro atoms. The molecule has 0 saturated heterocycles. The van der Waals surface area contributed by atoms with Gasteiger partial charge in [0.2, 0.25) is 0 Å². The average molecular weight is 309 g/mol. The molecule has 2 rings (SSSR count). The van der Waals surface area contributed by atoms with Gasteiger partial charge in [0.05, 0.1) is 36.8 Å². The molecule has 0 aromatic rings. The van der Waals surface area contributed by atoms with E-state index in [2.05, 4.69) is 76.0 Å². The fourth-order valence-electron chi connectivity index (χ4n) is 3.55. The summed E-state index contributed by atoms with van der Waals surface area (Å²) in [5, 5.41) is 6.75. The molecule has 4 heteroatoms. The fourth-order valence-corrected chi connectivity index (χ4v) is 3.55. The van der Waals surface area contributed by atoms with E-state index in [0.29, 0.717) is 23.7 Å². The molecule has 0 aromatic heterocycles. The largest absolute Gasteiger partial charge is 0.369 e. The van der Waals surface area contributed by atoms with Crippen LogP contribution in [-0.2, 0) is 0 Å². The minimum absolute atomic E-state index is 0.222. The molecule has 0 aromatic carbocycles. The van der Waals surface area contributed by atoms with E-state index in [-0.39, 0.29) is 11.1 Å². The van der Waals surface area contributed by atoms with Crippen molar-refractivity contribution in [3.05, 3.63) is 0 Å². The van der Waals surface area contributed by atoms with Crippen LogP contribution in [0.2, 0.25) is 0 Å². The lowest BCUT2D eigenvalue weighted by molar-refractivity contribution is 0.218. The SMILES string of the molecule is CC(C)C1(C(C)C)CN=CN1.CC(C)C1(C(C)C)CN=CN1. The summed E-state index contributed by atoms with van der Waals surface area (Å²) >= 11 is 0. The Balaban J connectivity index is 0.000000220. The summed E-state index contributed by atoms with van der Waals surface area (Å²) < 4.78 is 0. The van der Waals surface area contributed by atoms with E-state index >= 15 is 0 Å². The first kappa shape index (κ1) is 19.0. The molecule has 0 unspecified atom stereocenters. The molecule has 2 heterocycles. The topological polar surface area (TPSA) is 48.8 Å². The first-order chi connectivity index (χ1) is 10.2. The third-order valence-corrected chi connectivity index (χ3v) is 5.68. The van der Waals surface area contributed by atoms with Gasteiger partial charge in [-0.3, -0.25) is 9.98 Å². The van der Waals surface area contributed by atoms with Crippen LogP contribution in [0.25, 0.3) is 0 Å². The van der Waals surface area contributed by atoms with E-state index in [1.807, 2.05) is 12.7 Å². The molecule has 0 atom stereocenters. The second kappa shape index (κ2) is 7.47. The predicted molar refractivity (Wildman–Crippen MR) is 97.8 cm³/mol. The fraction of sp³-hybridized carbons (Fsp3) is 0.889. The minimum atomic E-state index is 0.222. The Morgan fingerprint density at radius 1 is 0.636 bits per heavy atom. The summed E-state index contributed by atoms with van der Waals surface area (Å²) in [6.07, 6.45) is 3.69. The van der Waals surface area contributed by atoms with Gasteiger partial charge in [0, 0.05) is 0 Å². The highest BCUT2D eigenvalue weighted by Crippen LogP contribution is 2.29. The number of aliphatic imine (C=N–C) groups is 2. The van der Waals surface area contributed by atoms with Crippen LogP contribution < -0.4 is 10.6 Å². The number of rotatable bonds is 4. The van der Waals surface area contributed by atoms with Crippen molar-refractivity contribution >= 4 is 12.7 Å². The Morgan fingerprint density at radius 3 is 1.00 bits per heavy atom. The highest BCUT2D eigenvalue weighted by Gasteiger charge is 2.38. The number of nitrogens with one attached hydrogen (secondary N) is 2. The first-order valence-electron chi connectivity index (χ1n) is 8.71. The number of hydrogen-bond acceptors (Lipinski definition) is 4. The van der Waals surface area contributed by atoms with Gasteiger partial charge in [-0.25, -0.2) is 0 Å². The van der Waals surface area contributed by atoms with E-state index in [0.717, 1.165) is 13.1 Å². The summed E-state index contributed by atoms with van der Waals surface area (Å²) in [7, 11) is 0. The molecule has 128 valence electrons. The number of nitrogens with zero attached hydrogens (tertiary/aromatic N) is 2. The lowest BCUT2D eigenvalue weighted by atomic mass is 9.78. The molecule has 0 amide bonds. The molecule has 0 aliphatic carbocycles. The summed E-state index contributed by atoms with van der Waals surface area (Å²) in [5.41, 5.74) is 0.444. The van der Waals surface area contributed by atoms with E-state index in [1.165, 1.54) is 0 Å². The van der Waals surface area contributed by atoms with Crippen LogP contribution in [0.3, 0.4) is 0 Å². The van der Waals surface area contributed by atoms with Gasteiger partial charge in [0.25, 0.3) is 0 Å². The van der Waals surface area contributed by atoms with E-state index in [9.17, 15) is 0 Å². The molecular weight excluding hydrogens is 272 g/mol. The molecule has 0 bridgehead atoms. The predicted octanol–water partition coefficient (Wildman–Crippen LogP) is 3.34. The average Bonchev–Trinajstić information content (AvgIpc) is 3.10. The Kier molecular flexibility index (Phi) is 6.45. The van der Waals surface area contributed by atoms with Crippen molar-refractivity contribution < 1.29 is 0 Å². The zero-order valence-electron chi connectivity index (χ0n) is 15.8. The van der Waals surface area contributed by atoms with Crippen molar-refractivity contribution in [2.75, 3.05) is 13.1 Å². The lowest BCUT2D eigenvalue weighted by Gasteiger charge is -2.37. The first-order valence-corrected chi connectivity index (χ1v) is 8.71. The second-order valence-corrected chi connectivity index (χ2v) is 7.93. The molecule has 0 radical (unpaired) electrons. The van der Waals surface area contributed by atoms with Crippen molar-refractivity contribution in [3.8, 4) is 0 Å². The summed E-state index contributed by atoms with van der Waals surface area (Å²) in [6, 6.07) is 0. The zero-order valence-corrected chi connectivity index (χ0v) is 15.8. The van der Waals surface area contributed by atoms with Gasteiger partial charge in [-0.15, -0.1) is 0 Å². The van der Waals surface area contributed by atoms with Crippen LogP contribution in [0.5, 0.6) is 0 Å². The van der Waals surface area contributed by atoms with Crippen molar-refractivity contribution in [2.24, 2.45) is 33.7 Å². The quantitative estimate of drug-likeness (QED) is 0.837. The molecule has 2 aliphatic heterocycles. The Labute approximate surface area is 137 Å². The van der Waals surface area contributed by atoms with Gasteiger partial charge in [-0.05, 0) is 23.7 Å². The van der Waals surface area contributed by atoms with Gasteiger partial charge in [0.15, 0.2) is 0 Å². The smallest absolute Gasteiger partial charge is 0.0830 e. The van der Waals surface area contributed by atoms with E-state index in [4.69, 9.17) is 0 Å². The Morgan fingerprint density at radius 2 is 0.909 bits per heavy atom. The van der Waals surface area contributed by atoms with Gasteiger partial charge in [-0.2, -0.15) is 0 Å². The summed E-state index contributed by atoms with van der Waals surface area (Å²) in [5.74, 6) is 2.57. The maximum Gasteiger partial charge on any atom is 0.0830 e. The van der Waals surface area contributed by atoms with Crippen molar-refractivity contribution in [3.63, 3.8) is 0 Å². The number of hydrogen-bond donors (Lipinski definition) is 2. The minimum Gasteiger partial charge on any atom is -0.369 e. The molecule has 2 N–H and O–H groups in total. The highest BCUT2D eigenvalue weighted by atomic mass is 15.1. The normalized spacial score (nSPS) is 21.3. The summed E-state index contributed by atoms with van der Waals surface area (Å²) in [4.78, 5) is 8.49. The van der Waals surface area contributed by atoms with Crippen molar-refractivity contribution in [1.82, 2.24) is 10.6 Å². The van der Waals surface area contributed by atoms with Crippen LogP contribution in [0.15, 0.2) is 9.98 Å². The third-order valence-electron chi connectivity index (χ3n) is 5.68. The van der Waals surface area contributed by atoms with Crippen LogP contribution in [0.1, 0.15) is 55.4 Å². The van der Waals surface area contributed by atoms with Crippen LogP contribution >= 0.6 is 0 Å². The van der Waals surface area contributed by atoms with Crippen molar-refractivity contribution in [1.29, 1.82) is 0 Å². The maximum atomic E-state index is 4.24. The van der Waals surface area contributed by atoms with Gasteiger partial charge in [-0.1, -0.05) is 55.4 Å². The van der Waals surface area contributed by atoms with Gasteiger partial charge in [0.1, 0.15) is 0 Å². The molecule has 22 heavy (non-hydrogen) atoms. The molecule has 0 saturated carbocycles. The Hall–Kier alpha value is -1.06. The van der Waals surface area contributed by atoms with Gasteiger partial charge < -0.3 is 10.6 Å².